The van der Waals surface area contributed by atoms with Crippen molar-refractivity contribution in [2.75, 3.05) is 31.1 Å². The molecule has 5 rings (SSSR count). The summed E-state index contributed by atoms with van der Waals surface area (Å²) >= 11 is 0. The average molecular weight is 468 g/mol. The Hall–Kier alpha value is -3.11. The van der Waals surface area contributed by atoms with Gasteiger partial charge in [-0.25, -0.2) is 0 Å². The number of rotatable bonds is 5. The van der Waals surface area contributed by atoms with Gasteiger partial charge in [0, 0.05) is 54.7 Å². The molecule has 182 valence electrons. The van der Waals surface area contributed by atoms with Crippen LogP contribution in [0, 0.1) is 6.92 Å². The van der Waals surface area contributed by atoms with E-state index in [-0.39, 0.29) is 11.4 Å². The lowest BCUT2D eigenvalue weighted by Gasteiger charge is -2.50. The third kappa shape index (κ3) is 4.99. The standard InChI is InChI=1S/C31H37N3O/c1-25-11-9-10-16-29(25)30(35)32-23-19-31(2,20-24-32)33-21-17-28(18-22-33)34(26-12-5-3-6-13-26)27-14-7-4-8-15-27/h3-16,28H,17-24H2,1-2H3. The third-order valence-corrected chi connectivity index (χ3v) is 8.17. The topological polar surface area (TPSA) is 26.8 Å². The Labute approximate surface area is 210 Å². The van der Waals surface area contributed by atoms with E-state index in [1.54, 1.807) is 0 Å². The van der Waals surface area contributed by atoms with Gasteiger partial charge in [0.2, 0.25) is 0 Å². The number of aryl methyl sites for hydroxylation is 1. The molecule has 0 aliphatic carbocycles. The van der Waals surface area contributed by atoms with E-state index in [2.05, 4.69) is 82.3 Å². The van der Waals surface area contributed by atoms with Crippen molar-refractivity contribution in [3.05, 3.63) is 96.1 Å². The van der Waals surface area contributed by atoms with Gasteiger partial charge in [0.25, 0.3) is 5.91 Å². The van der Waals surface area contributed by atoms with Gasteiger partial charge in [0.1, 0.15) is 0 Å². The van der Waals surface area contributed by atoms with Crippen molar-refractivity contribution >= 4 is 17.3 Å². The first kappa shape index (κ1) is 23.6. The number of benzene rings is 3. The molecule has 3 aromatic carbocycles. The van der Waals surface area contributed by atoms with Crippen molar-refractivity contribution in [2.45, 2.75) is 51.1 Å². The largest absolute Gasteiger partial charge is 0.339 e. The van der Waals surface area contributed by atoms with Gasteiger partial charge >= 0.3 is 0 Å². The van der Waals surface area contributed by atoms with Gasteiger partial charge in [-0.2, -0.15) is 0 Å². The maximum Gasteiger partial charge on any atom is 0.254 e. The molecule has 0 radical (unpaired) electrons. The molecule has 2 saturated heterocycles. The molecule has 0 spiro atoms. The lowest BCUT2D eigenvalue weighted by molar-refractivity contribution is 0.0177. The lowest BCUT2D eigenvalue weighted by Crippen LogP contribution is -2.57. The van der Waals surface area contributed by atoms with E-state index in [9.17, 15) is 4.79 Å². The summed E-state index contributed by atoms with van der Waals surface area (Å²) in [5, 5.41) is 0. The molecule has 0 atom stereocenters. The predicted molar refractivity (Wildman–Crippen MR) is 144 cm³/mol. The second kappa shape index (κ2) is 10.2. The molecule has 4 heteroatoms. The summed E-state index contributed by atoms with van der Waals surface area (Å²) in [5.41, 5.74) is 4.61. The molecule has 0 aromatic heterocycles. The van der Waals surface area contributed by atoms with Crippen LogP contribution in [-0.2, 0) is 0 Å². The lowest BCUT2D eigenvalue weighted by atomic mass is 9.85. The van der Waals surface area contributed by atoms with Crippen LogP contribution >= 0.6 is 0 Å². The summed E-state index contributed by atoms with van der Waals surface area (Å²) in [4.78, 5) is 20.4. The number of hydrogen-bond donors (Lipinski definition) is 0. The maximum absolute atomic E-state index is 13.1. The van der Waals surface area contributed by atoms with E-state index in [4.69, 9.17) is 0 Å². The number of amides is 1. The summed E-state index contributed by atoms with van der Waals surface area (Å²) in [6.45, 7) is 8.31. The van der Waals surface area contributed by atoms with Crippen LogP contribution in [0.25, 0.3) is 0 Å². The maximum atomic E-state index is 13.1. The van der Waals surface area contributed by atoms with Crippen LogP contribution in [0.3, 0.4) is 0 Å². The van der Waals surface area contributed by atoms with E-state index in [0.29, 0.717) is 6.04 Å². The molecule has 4 nitrogen and oxygen atoms in total. The molecular weight excluding hydrogens is 430 g/mol. The number of nitrogens with zero attached hydrogens (tertiary/aromatic N) is 3. The molecule has 2 aliphatic rings. The summed E-state index contributed by atoms with van der Waals surface area (Å²) < 4.78 is 0. The SMILES string of the molecule is Cc1ccccc1C(=O)N1CCC(C)(N2CCC(N(c3ccccc3)c3ccccc3)CC2)CC1. The smallest absolute Gasteiger partial charge is 0.254 e. The fraction of sp³-hybridized carbons (Fsp3) is 0.387. The van der Waals surface area contributed by atoms with Crippen LogP contribution in [0.15, 0.2) is 84.9 Å². The van der Waals surface area contributed by atoms with E-state index >= 15 is 0 Å². The van der Waals surface area contributed by atoms with Crippen molar-refractivity contribution in [3.63, 3.8) is 0 Å². The highest BCUT2D eigenvalue weighted by atomic mass is 16.2. The number of carbonyl (C=O) groups is 1. The highest BCUT2D eigenvalue weighted by Crippen LogP contribution is 2.36. The minimum Gasteiger partial charge on any atom is -0.339 e. The van der Waals surface area contributed by atoms with Crippen LogP contribution < -0.4 is 4.90 Å². The molecule has 2 fully saturated rings. The minimum absolute atomic E-state index is 0.164. The zero-order valence-corrected chi connectivity index (χ0v) is 21.1. The summed E-state index contributed by atoms with van der Waals surface area (Å²) in [6, 6.07) is 30.0. The van der Waals surface area contributed by atoms with Gasteiger partial charge in [-0.05, 0) is 75.4 Å². The van der Waals surface area contributed by atoms with E-state index in [1.165, 1.54) is 11.4 Å². The van der Waals surface area contributed by atoms with E-state index in [0.717, 1.165) is 63.0 Å². The Bertz CT molecular complexity index is 1070. The normalized spacial score (nSPS) is 18.9. The molecule has 0 unspecified atom stereocenters. The van der Waals surface area contributed by atoms with Crippen molar-refractivity contribution < 1.29 is 4.79 Å². The first-order valence-corrected chi connectivity index (χ1v) is 13.0. The molecule has 0 bridgehead atoms. The molecular formula is C31H37N3O. The second-order valence-corrected chi connectivity index (χ2v) is 10.4. The minimum atomic E-state index is 0.164. The van der Waals surface area contributed by atoms with E-state index in [1.807, 2.05) is 31.2 Å². The van der Waals surface area contributed by atoms with Crippen LogP contribution in [-0.4, -0.2) is 53.5 Å². The molecule has 2 heterocycles. The monoisotopic (exact) mass is 467 g/mol. The second-order valence-electron chi connectivity index (χ2n) is 10.4. The van der Waals surface area contributed by atoms with Crippen LogP contribution in [0.2, 0.25) is 0 Å². The Morgan fingerprint density at radius 2 is 1.29 bits per heavy atom. The van der Waals surface area contributed by atoms with Crippen molar-refractivity contribution in [2.24, 2.45) is 0 Å². The number of hydrogen-bond acceptors (Lipinski definition) is 3. The van der Waals surface area contributed by atoms with Crippen molar-refractivity contribution in [1.82, 2.24) is 9.80 Å². The van der Waals surface area contributed by atoms with Crippen molar-refractivity contribution in [1.29, 1.82) is 0 Å². The molecule has 0 saturated carbocycles. The highest BCUT2D eigenvalue weighted by molar-refractivity contribution is 5.95. The van der Waals surface area contributed by atoms with Crippen molar-refractivity contribution in [3.8, 4) is 0 Å². The Balaban J connectivity index is 1.23. The van der Waals surface area contributed by atoms with Gasteiger partial charge in [0.15, 0.2) is 0 Å². The number of likely N-dealkylation sites (tertiary alicyclic amines) is 2. The number of carbonyl (C=O) groups excluding carboxylic acids is 1. The molecule has 35 heavy (non-hydrogen) atoms. The fourth-order valence-corrected chi connectivity index (χ4v) is 5.90. The number of para-hydroxylation sites is 2. The van der Waals surface area contributed by atoms with Crippen LogP contribution in [0.1, 0.15) is 48.5 Å². The summed E-state index contributed by atoms with van der Waals surface area (Å²) in [7, 11) is 0. The first-order valence-electron chi connectivity index (χ1n) is 13.0. The van der Waals surface area contributed by atoms with Crippen LogP contribution in [0.5, 0.6) is 0 Å². The Morgan fingerprint density at radius 3 is 1.83 bits per heavy atom. The van der Waals surface area contributed by atoms with E-state index < -0.39 is 0 Å². The number of piperidine rings is 2. The summed E-state index contributed by atoms with van der Waals surface area (Å²) in [6.07, 6.45) is 4.36. The molecule has 3 aromatic rings. The van der Waals surface area contributed by atoms with Gasteiger partial charge in [-0.3, -0.25) is 9.69 Å². The Kier molecular flexibility index (Phi) is 6.92. The molecule has 1 amide bonds. The van der Waals surface area contributed by atoms with Gasteiger partial charge in [-0.15, -0.1) is 0 Å². The fourth-order valence-electron chi connectivity index (χ4n) is 5.90. The quantitative estimate of drug-likeness (QED) is 0.441. The third-order valence-electron chi connectivity index (χ3n) is 8.17. The molecule has 2 aliphatic heterocycles. The van der Waals surface area contributed by atoms with Gasteiger partial charge < -0.3 is 9.80 Å². The first-order chi connectivity index (χ1) is 17.0. The Morgan fingerprint density at radius 1 is 0.771 bits per heavy atom. The highest BCUT2D eigenvalue weighted by Gasteiger charge is 2.39. The number of anilines is 2. The van der Waals surface area contributed by atoms with Gasteiger partial charge in [-0.1, -0.05) is 54.6 Å². The van der Waals surface area contributed by atoms with Gasteiger partial charge in [0.05, 0.1) is 0 Å². The average Bonchev–Trinajstić information content (AvgIpc) is 2.91. The molecule has 0 N–H and O–H groups in total. The zero-order valence-electron chi connectivity index (χ0n) is 21.1. The zero-order chi connectivity index (χ0) is 24.3. The predicted octanol–water partition coefficient (Wildman–Crippen LogP) is 6.29. The summed E-state index contributed by atoms with van der Waals surface area (Å²) in [5.74, 6) is 0.185. The van der Waals surface area contributed by atoms with Crippen LogP contribution in [0.4, 0.5) is 11.4 Å².